The van der Waals surface area contributed by atoms with Crippen LogP contribution in [0.15, 0.2) is 36.4 Å². The number of benzene rings is 2. The average molecular weight is 465 g/mol. The standard InChI is InChI=1S/C24H30Cl2N2O3/c1-6-21(24(30)27-15(2)3)28(13-18-19(25)8-7-9-20(18)26)23(29)14-31-22-12-16(4)10-11-17(22)5/h7-12,15,21H,6,13-14H2,1-5H3,(H,27,30). The van der Waals surface area contributed by atoms with Gasteiger partial charge in [-0.15, -0.1) is 0 Å². The molecule has 1 N–H and O–H groups in total. The summed E-state index contributed by atoms with van der Waals surface area (Å²) in [5.74, 6) is 0.104. The van der Waals surface area contributed by atoms with Gasteiger partial charge in [-0.2, -0.15) is 0 Å². The molecule has 2 aromatic rings. The van der Waals surface area contributed by atoms with Gasteiger partial charge in [0, 0.05) is 28.2 Å². The first kappa shape index (κ1) is 25.0. The van der Waals surface area contributed by atoms with E-state index < -0.39 is 6.04 Å². The lowest BCUT2D eigenvalue weighted by Gasteiger charge is -2.31. The van der Waals surface area contributed by atoms with Gasteiger partial charge in [-0.3, -0.25) is 9.59 Å². The number of ether oxygens (including phenoxy) is 1. The second kappa shape index (κ2) is 11.4. The predicted octanol–water partition coefficient (Wildman–Crippen LogP) is 5.32. The van der Waals surface area contributed by atoms with Crippen LogP contribution in [0.2, 0.25) is 10.0 Å². The van der Waals surface area contributed by atoms with Gasteiger partial charge in [0.1, 0.15) is 11.8 Å². The number of nitrogens with zero attached hydrogens (tertiary/aromatic N) is 1. The molecular formula is C24H30Cl2N2O3. The Morgan fingerprint density at radius 1 is 1.10 bits per heavy atom. The second-order valence-corrected chi connectivity index (χ2v) is 8.68. The third-order valence-electron chi connectivity index (χ3n) is 4.90. The molecule has 2 aromatic carbocycles. The average Bonchev–Trinajstić information content (AvgIpc) is 2.69. The Bertz CT molecular complexity index is 911. The van der Waals surface area contributed by atoms with Crippen molar-refractivity contribution < 1.29 is 14.3 Å². The van der Waals surface area contributed by atoms with E-state index in [9.17, 15) is 9.59 Å². The fourth-order valence-electron chi connectivity index (χ4n) is 3.24. The smallest absolute Gasteiger partial charge is 0.261 e. The molecule has 0 saturated carbocycles. The molecule has 31 heavy (non-hydrogen) atoms. The van der Waals surface area contributed by atoms with E-state index in [0.717, 1.165) is 11.1 Å². The SMILES string of the molecule is CCC(C(=O)NC(C)C)N(Cc1c(Cl)cccc1Cl)C(=O)COc1cc(C)ccc1C. The summed E-state index contributed by atoms with van der Waals surface area (Å²) in [6.07, 6.45) is 0.440. The maximum atomic E-state index is 13.3. The maximum Gasteiger partial charge on any atom is 0.261 e. The van der Waals surface area contributed by atoms with Crippen LogP contribution < -0.4 is 10.1 Å². The van der Waals surface area contributed by atoms with Crippen molar-refractivity contribution in [1.82, 2.24) is 10.2 Å². The van der Waals surface area contributed by atoms with Crippen LogP contribution in [0.25, 0.3) is 0 Å². The Kier molecular flexibility index (Phi) is 9.20. The molecule has 168 valence electrons. The second-order valence-electron chi connectivity index (χ2n) is 7.87. The van der Waals surface area contributed by atoms with E-state index in [1.165, 1.54) is 4.90 Å². The normalized spacial score (nSPS) is 11.9. The molecule has 7 heteroatoms. The molecule has 1 unspecified atom stereocenters. The Labute approximate surface area is 194 Å². The number of aryl methyl sites for hydroxylation is 2. The fraction of sp³-hybridized carbons (Fsp3) is 0.417. The summed E-state index contributed by atoms with van der Waals surface area (Å²) in [7, 11) is 0. The zero-order chi connectivity index (χ0) is 23.1. The van der Waals surface area contributed by atoms with E-state index in [4.69, 9.17) is 27.9 Å². The third kappa shape index (κ3) is 6.88. The minimum absolute atomic E-state index is 0.0476. The highest BCUT2D eigenvalue weighted by molar-refractivity contribution is 6.36. The largest absolute Gasteiger partial charge is 0.483 e. The highest BCUT2D eigenvalue weighted by Crippen LogP contribution is 2.27. The first-order valence-electron chi connectivity index (χ1n) is 10.4. The van der Waals surface area contributed by atoms with Gasteiger partial charge in [0.2, 0.25) is 5.91 Å². The van der Waals surface area contributed by atoms with E-state index in [-0.39, 0.29) is 31.0 Å². The number of hydrogen-bond donors (Lipinski definition) is 1. The van der Waals surface area contributed by atoms with E-state index in [0.29, 0.717) is 27.8 Å². The van der Waals surface area contributed by atoms with Crippen molar-refractivity contribution in [2.24, 2.45) is 0 Å². The topological polar surface area (TPSA) is 58.6 Å². The molecule has 5 nitrogen and oxygen atoms in total. The van der Waals surface area contributed by atoms with Crippen LogP contribution in [0.1, 0.15) is 43.9 Å². The summed E-state index contributed by atoms with van der Waals surface area (Å²) in [5.41, 5.74) is 2.57. The molecule has 0 saturated heterocycles. The zero-order valence-corrected chi connectivity index (χ0v) is 20.2. The summed E-state index contributed by atoms with van der Waals surface area (Å²) in [6, 6.07) is 10.3. The van der Waals surface area contributed by atoms with Crippen LogP contribution in [0.4, 0.5) is 0 Å². The highest BCUT2D eigenvalue weighted by atomic mass is 35.5. The maximum absolute atomic E-state index is 13.3. The van der Waals surface area contributed by atoms with Crippen molar-refractivity contribution in [3.05, 3.63) is 63.1 Å². The number of amides is 2. The number of carbonyl (C=O) groups excluding carboxylic acids is 2. The minimum Gasteiger partial charge on any atom is -0.483 e. The predicted molar refractivity (Wildman–Crippen MR) is 126 cm³/mol. The van der Waals surface area contributed by atoms with Crippen molar-refractivity contribution in [2.75, 3.05) is 6.61 Å². The van der Waals surface area contributed by atoms with Crippen LogP contribution in [0, 0.1) is 13.8 Å². The number of carbonyl (C=O) groups is 2. The highest BCUT2D eigenvalue weighted by Gasteiger charge is 2.30. The van der Waals surface area contributed by atoms with Gasteiger partial charge in [0.15, 0.2) is 6.61 Å². The summed E-state index contributed by atoms with van der Waals surface area (Å²) < 4.78 is 5.83. The van der Waals surface area contributed by atoms with E-state index in [2.05, 4.69) is 5.32 Å². The lowest BCUT2D eigenvalue weighted by molar-refractivity contribution is -0.143. The van der Waals surface area contributed by atoms with E-state index >= 15 is 0 Å². The summed E-state index contributed by atoms with van der Waals surface area (Å²) in [5, 5.41) is 3.78. The monoisotopic (exact) mass is 464 g/mol. The molecule has 2 amide bonds. The van der Waals surface area contributed by atoms with Crippen LogP contribution in [0.5, 0.6) is 5.75 Å². The van der Waals surface area contributed by atoms with Gasteiger partial charge in [0.05, 0.1) is 0 Å². The van der Waals surface area contributed by atoms with E-state index in [1.54, 1.807) is 18.2 Å². The molecule has 0 bridgehead atoms. The molecular weight excluding hydrogens is 435 g/mol. The Hall–Kier alpha value is -2.24. The Morgan fingerprint density at radius 2 is 1.74 bits per heavy atom. The van der Waals surface area contributed by atoms with Gasteiger partial charge in [-0.25, -0.2) is 0 Å². The first-order valence-corrected chi connectivity index (χ1v) is 11.1. The Morgan fingerprint density at radius 3 is 2.32 bits per heavy atom. The van der Waals surface area contributed by atoms with Crippen molar-refractivity contribution >= 4 is 35.0 Å². The van der Waals surface area contributed by atoms with E-state index in [1.807, 2.05) is 52.8 Å². The first-order chi connectivity index (χ1) is 14.6. The number of halogens is 2. The Balaban J connectivity index is 2.31. The zero-order valence-electron chi connectivity index (χ0n) is 18.7. The number of nitrogens with one attached hydrogen (secondary N) is 1. The quantitative estimate of drug-likeness (QED) is 0.545. The van der Waals surface area contributed by atoms with Crippen LogP contribution in [0.3, 0.4) is 0 Å². The minimum atomic E-state index is -0.676. The van der Waals surface area contributed by atoms with Crippen molar-refractivity contribution in [3.63, 3.8) is 0 Å². The third-order valence-corrected chi connectivity index (χ3v) is 5.61. The molecule has 0 aliphatic heterocycles. The molecule has 0 aliphatic carbocycles. The fourth-order valence-corrected chi connectivity index (χ4v) is 3.76. The van der Waals surface area contributed by atoms with Gasteiger partial charge in [0.25, 0.3) is 5.91 Å². The summed E-state index contributed by atoms with van der Waals surface area (Å²) in [4.78, 5) is 27.6. The molecule has 1 atom stereocenters. The van der Waals surface area contributed by atoms with Crippen LogP contribution in [-0.4, -0.2) is 35.4 Å². The van der Waals surface area contributed by atoms with Gasteiger partial charge in [-0.1, -0.05) is 48.3 Å². The number of hydrogen-bond acceptors (Lipinski definition) is 3. The number of rotatable bonds is 9. The van der Waals surface area contributed by atoms with Crippen LogP contribution >= 0.6 is 23.2 Å². The molecule has 0 heterocycles. The molecule has 2 rings (SSSR count). The lowest BCUT2D eigenvalue weighted by Crippen LogP contribution is -2.51. The van der Waals surface area contributed by atoms with Gasteiger partial charge in [-0.05, 0) is 63.4 Å². The molecule has 0 spiro atoms. The molecule has 0 aromatic heterocycles. The molecule has 0 fully saturated rings. The van der Waals surface area contributed by atoms with Gasteiger partial charge < -0.3 is 15.0 Å². The van der Waals surface area contributed by atoms with Gasteiger partial charge >= 0.3 is 0 Å². The van der Waals surface area contributed by atoms with Crippen molar-refractivity contribution in [2.45, 2.75) is 59.7 Å². The summed E-state index contributed by atoms with van der Waals surface area (Å²) in [6.45, 7) is 9.42. The molecule has 0 aliphatic rings. The summed E-state index contributed by atoms with van der Waals surface area (Å²) >= 11 is 12.7. The molecule has 0 radical (unpaired) electrons. The van der Waals surface area contributed by atoms with Crippen molar-refractivity contribution in [1.29, 1.82) is 0 Å². The van der Waals surface area contributed by atoms with Crippen molar-refractivity contribution in [3.8, 4) is 5.75 Å². The van der Waals surface area contributed by atoms with Crippen LogP contribution in [-0.2, 0) is 16.1 Å². The lowest BCUT2D eigenvalue weighted by atomic mass is 10.1.